The average Bonchev–Trinajstić information content (AvgIpc) is 3.15. The first-order valence-electron chi connectivity index (χ1n) is 10.3. The highest BCUT2D eigenvalue weighted by atomic mass is 16.5. The predicted molar refractivity (Wildman–Crippen MR) is 96.9 cm³/mol. The molecule has 0 amide bonds. The smallest absolute Gasteiger partial charge is 0.0959 e. The van der Waals surface area contributed by atoms with Crippen molar-refractivity contribution in [2.24, 2.45) is 23.2 Å². The molecule has 1 saturated heterocycles. The van der Waals surface area contributed by atoms with Crippen molar-refractivity contribution in [3.05, 3.63) is 23.0 Å². The van der Waals surface area contributed by atoms with Gasteiger partial charge in [0.05, 0.1) is 31.2 Å². The standard InChI is InChI=1S/C22H32O3/c1-21-9-7-18-17-6-4-16(24-2)11-14(17)3-5-19(18)20(21)8-10-22(21)12-15(23)13-25-22/h4,15,18-20,23H,3,5-13H2,1-2H3/t15?,18-,19-,20+,21+,22?/m1/s1. The number of fused-ring (bicyclic) bond motifs is 5. The van der Waals surface area contributed by atoms with Crippen LogP contribution < -0.4 is 0 Å². The molecule has 3 nitrogen and oxygen atoms in total. The molecule has 1 heterocycles. The number of aliphatic hydroxyl groups is 1. The number of rotatable bonds is 1. The van der Waals surface area contributed by atoms with Crippen LogP contribution in [0.4, 0.5) is 0 Å². The van der Waals surface area contributed by atoms with Crippen molar-refractivity contribution in [1.29, 1.82) is 0 Å². The van der Waals surface area contributed by atoms with Crippen molar-refractivity contribution in [3.8, 4) is 0 Å². The average molecular weight is 344 g/mol. The molecule has 0 aromatic carbocycles. The highest BCUT2D eigenvalue weighted by Crippen LogP contribution is 2.67. The topological polar surface area (TPSA) is 38.7 Å². The molecule has 5 aliphatic rings. The summed E-state index contributed by atoms with van der Waals surface area (Å²) in [6.07, 6.45) is 12.8. The molecular weight excluding hydrogens is 312 g/mol. The molecular formula is C22H32O3. The number of methoxy groups -OCH3 is 1. The van der Waals surface area contributed by atoms with E-state index in [4.69, 9.17) is 9.47 Å². The molecule has 3 heteroatoms. The zero-order valence-corrected chi connectivity index (χ0v) is 15.7. The van der Waals surface area contributed by atoms with Crippen LogP contribution in [0, 0.1) is 23.2 Å². The van der Waals surface area contributed by atoms with Gasteiger partial charge in [-0.3, -0.25) is 0 Å². The normalized spacial score (nSPS) is 48.8. The summed E-state index contributed by atoms with van der Waals surface area (Å²) in [5.41, 5.74) is 3.68. The lowest BCUT2D eigenvalue weighted by molar-refractivity contribution is -0.118. The molecule has 25 heavy (non-hydrogen) atoms. The molecule has 4 aliphatic carbocycles. The molecule has 0 radical (unpaired) electrons. The summed E-state index contributed by atoms with van der Waals surface area (Å²) < 4.78 is 11.8. The Morgan fingerprint density at radius 2 is 2.12 bits per heavy atom. The van der Waals surface area contributed by atoms with Crippen LogP contribution in [0.1, 0.15) is 64.7 Å². The van der Waals surface area contributed by atoms with E-state index in [1.165, 1.54) is 37.9 Å². The molecule has 1 spiro atoms. The van der Waals surface area contributed by atoms with E-state index in [0.29, 0.717) is 6.61 Å². The van der Waals surface area contributed by atoms with Crippen LogP contribution in [0.2, 0.25) is 0 Å². The Balaban J connectivity index is 1.42. The van der Waals surface area contributed by atoms with Gasteiger partial charge in [0, 0.05) is 12.8 Å². The Bertz CT molecular complexity index is 635. The number of allylic oxidation sites excluding steroid dienone is 3. The van der Waals surface area contributed by atoms with E-state index < -0.39 is 0 Å². The van der Waals surface area contributed by atoms with Gasteiger partial charge in [-0.2, -0.15) is 0 Å². The first-order valence-corrected chi connectivity index (χ1v) is 10.3. The maximum atomic E-state index is 10.1. The third-order valence-electron chi connectivity index (χ3n) is 8.72. The van der Waals surface area contributed by atoms with Gasteiger partial charge >= 0.3 is 0 Å². The van der Waals surface area contributed by atoms with Crippen LogP contribution in [0.25, 0.3) is 0 Å². The summed E-state index contributed by atoms with van der Waals surface area (Å²) >= 11 is 0. The largest absolute Gasteiger partial charge is 0.501 e. The minimum Gasteiger partial charge on any atom is -0.501 e. The van der Waals surface area contributed by atoms with Crippen LogP contribution in [0.5, 0.6) is 0 Å². The second kappa shape index (κ2) is 5.60. The van der Waals surface area contributed by atoms with Gasteiger partial charge in [0.15, 0.2) is 0 Å². The summed E-state index contributed by atoms with van der Waals surface area (Å²) in [6.45, 7) is 3.04. The summed E-state index contributed by atoms with van der Waals surface area (Å²) in [6, 6.07) is 0. The van der Waals surface area contributed by atoms with E-state index in [9.17, 15) is 5.11 Å². The number of hydrogen-bond donors (Lipinski definition) is 1. The maximum Gasteiger partial charge on any atom is 0.0959 e. The van der Waals surface area contributed by atoms with Gasteiger partial charge in [-0.15, -0.1) is 0 Å². The quantitative estimate of drug-likeness (QED) is 0.718. The first kappa shape index (κ1) is 16.4. The van der Waals surface area contributed by atoms with Crippen molar-refractivity contribution >= 4 is 0 Å². The summed E-state index contributed by atoms with van der Waals surface area (Å²) in [4.78, 5) is 0. The van der Waals surface area contributed by atoms with E-state index in [-0.39, 0.29) is 17.1 Å². The molecule has 2 unspecified atom stereocenters. The van der Waals surface area contributed by atoms with E-state index >= 15 is 0 Å². The van der Waals surface area contributed by atoms with E-state index in [1.807, 2.05) is 7.11 Å². The molecule has 2 saturated carbocycles. The van der Waals surface area contributed by atoms with Crippen molar-refractivity contribution in [2.45, 2.75) is 76.4 Å². The van der Waals surface area contributed by atoms with E-state index in [1.54, 1.807) is 11.1 Å². The lowest BCUT2D eigenvalue weighted by atomic mass is 9.52. The third-order valence-corrected chi connectivity index (χ3v) is 8.72. The lowest BCUT2D eigenvalue weighted by Gasteiger charge is -2.54. The third kappa shape index (κ3) is 2.18. The van der Waals surface area contributed by atoms with E-state index in [2.05, 4.69) is 13.0 Å². The molecule has 0 aromatic heterocycles. The Morgan fingerprint density at radius 1 is 1.24 bits per heavy atom. The number of hydrogen-bond acceptors (Lipinski definition) is 3. The monoisotopic (exact) mass is 344 g/mol. The minimum absolute atomic E-state index is 0.0353. The zero-order chi connectivity index (χ0) is 17.2. The van der Waals surface area contributed by atoms with Crippen molar-refractivity contribution in [3.63, 3.8) is 0 Å². The van der Waals surface area contributed by atoms with Crippen LogP contribution >= 0.6 is 0 Å². The highest BCUT2D eigenvalue weighted by molar-refractivity contribution is 5.33. The Hall–Kier alpha value is -0.800. The fourth-order valence-electron chi connectivity index (χ4n) is 7.46. The Labute approximate surface area is 151 Å². The Morgan fingerprint density at radius 3 is 2.88 bits per heavy atom. The molecule has 0 aromatic rings. The fraction of sp³-hybridized carbons (Fsp3) is 0.818. The van der Waals surface area contributed by atoms with Gasteiger partial charge in [-0.1, -0.05) is 18.1 Å². The van der Waals surface area contributed by atoms with Crippen molar-refractivity contribution in [1.82, 2.24) is 0 Å². The molecule has 0 bridgehead atoms. The molecule has 138 valence electrons. The zero-order valence-electron chi connectivity index (χ0n) is 15.7. The summed E-state index contributed by atoms with van der Waals surface area (Å²) in [7, 11) is 1.81. The SMILES string of the molecule is COC1=CCC2=C(CC[C@@H]3[C@@H]2CC[C@@]2(C)[C@H]3CCC23CC(O)CO3)C1. The fourth-order valence-corrected chi connectivity index (χ4v) is 7.46. The van der Waals surface area contributed by atoms with Gasteiger partial charge in [-0.25, -0.2) is 0 Å². The van der Waals surface area contributed by atoms with Gasteiger partial charge in [0.25, 0.3) is 0 Å². The van der Waals surface area contributed by atoms with E-state index in [0.717, 1.165) is 43.4 Å². The number of aliphatic hydroxyl groups excluding tert-OH is 1. The summed E-state index contributed by atoms with van der Waals surface area (Å²) in [5, 5.41) is 10.1. The summed E-state index contributed by atoms with van der Waals surface area (Å²) in [5.74, 6) is 3.57. The number of ether oxygens (including phenoxy) is 2. The van der Waals surface area contributed by atoms with Gasteiger partial charge < -0.3 is 14.6 Å². The molecule has 1 aliphatic heterocycles. The van der Waals surface area contributed by atoms with Gasteiger partial charge in [0.2, 0.25) is 0 Å². The van der Waals surface area contributed by atoms with Crippen molar-refractivity contribution < 1.29 is 14.6 Å². The van der Waals surface area contributed by atoms with Gasteiger partial charge in [0.1, 0.15) is 0 Å². The van der Waals surface area contributed by atoms with Crippen LogP contribution in [0.15, 0.2) is 23.0 Å². The molecule has 1 N–H and O–H groups in total. The molecule has 3 fully saturated rings. The molecule has 5 rings (SSSR count). The van der Waals surface area contributed by atoms with Crippen molar-refractivity contribution in [2.75, 3.05) is 13.7 Å². The minimum atomic E-state index is -0.245. The second-order valence-corrected chi connectivity index (χ2v) is 9.46. The highest BCUT2D eigenvalue weighted by Gasteiger charge is 2.64. The molecule has 6 atom stereocenters. The van der Waals surface area contributed by atoms with Gasteiger partial charge in [-0.05, 0) is 74.2 Å². The van der Waals surface area contributed by atoms with Crippen LogP contribution in [-0.2, 0) is 9.47 Å². The van der Waals surface area contributed by atoms with Crippen LogP contribution in [0.3, 0.4) is 0 Å². The Kier molecular flexibility index (Phi) is 3.67. The lowest BCUT2D eigenvalue weighted by Crippen LogP contribution is -2.51. The van der Waals surface area contributed by atoms with Crippen LogP contribution in [-0.4, -0.2) is 30.5 Å². The second-order valence-electron chi connectivity index (χ2n) is 9.46. The maximum absolute atomic E-state index is 10.1. The predicted octanol–water partition coefficient (Wildman–Crippen LogP) is 4.36. The first-order chi connectivity index (χ1) is 12.1.